The number of azo groups is 1. The Bertz CT molecular complexity index is 1870. The van der Waals surface area contributed by atoms with E-state index in [0.717, 1.165) is 12.1 Å². The average Bonchev–Trinajstić information content (AvgIpc) is 2.90. The van der Waals surface area contributed by atoms with Crippen LogP contribution in [0, 0.1) is 11.4 Å². The molecule has 0 bridgehead atoms. The fraction of sp³-hybridized carbons (Fsp3) is 0. The van der Waals surface area contributed by atoms with Crippen LogP contribution < -0.4 is 11.1 Å². The summed E-state index contributed by atoms with van der Waals surface area (Å²) in [6.07, 6.45) is 1.77. The highest BCUT2D eigenvalue weighted by atomic mass is 35.5. The third-order valence-electron chi connectivity index (χ3n) is 4.14. The van der Waals surface area contributed by atoms with Gasteiger partial charge in [0.15, 0.2) is 6.11 Å². The first kappa shape index (κ1) is 35.0. The van der Waals surface area contributed by atoms with Crippen molar-refractivity contribution in [3.05, 3.63) is 35.6 Å². The van der Waals surface area contributed by atoms with E-state index in [2.05, 4.69) is 54.3 Å². The third kappa shape index (κ3) is 11.2. The second kappa shape index (κ2) is 15.5. The number of halogens is 1. The maximum absolute atomic E-state index is 12.1. The van der Waals surface area contributed by atoms with Gasteiger partial charge in [0, 0.05) is 27.6 Å². The topological polar surface area (TPSA) is 305 Å². The molecule has 234 valence electrons. The SMILES string of the molecule is Nc1cc(Nc2nc(Cl)nc(SC(=O)O)n2)c(N=Nc2ccc(SC#COOS(=O)(=O)O)cc2S(=O)(=O)O)cc1SOOO. The van der Waals surface area contributed by atoms with Gasteiger partial charge in [-0.3, -0.25) is 14.0 Å². The summed E-state index contributed by atoms with van der Waals surface area (Å²) < 4.78 is 71.1. The number of nitrogen functional groups attached to an aromatic ring is 1. The first-order chi connectivity index (χ1) is 20.6. The number of hydrogen-bond donors (Lipinski definition) is 6. The number of benzene rings is 2. The Balaban J connectivity index is 2.00. The van der Waals surface area contributed by atoms with E-state index in [1.54, 1.807) is 6.11 Å². The molecule has 7 N–H and O–H groups in total. The molecule has 1 heterocycles. The Kier molecular flexibility index (Phi) is 12.3. The molecule has 0 amide bonds. The molecule has 0 radical (unpaired) electrons. The molecule has 0 aliphatic rings. The van der Waals surface area contributed by atoms with Gasteiger partial charge in [-0.15, -0.1) is 14.6 Å². The zero-order valence-electron chi connectivity index (χ0n) is 20.6. The molecule has 0 fully saturated rings. The molecule has 0 aliphatic heterocycles. The molecule has 44 heavy (non-hydrogen) atoms. The molecule has 0 saturated carbocycles. The minimum atomic E-state index is -4.91. The zero-order valence-corrected chi connectivity index (χ0v) is 25.4. The number of anilines is 3. The fourth-order valence-electron chi connectivity index (χ4n) is 2.64. The van der Waals surface area contributed by atoms with Crippen LogP contribution >= 0.6 is 47.2 Å². The summed E-state index contributed by atoms with van der Waals surface area (Å²) in [5.74, 6) is -0.243. The van der Waals surface area contributed by atoms with Crippen molar-refractivity contribution in [3.8, 4) is 11.4 Å². The third-order valence-corrected chi connectivity index (χ3v) is 7.31. The first-order valence-corrected chi connectivity index (χ1v) is 15.9. The lowest BCUT2D eigenvalue weighted by atomic mass is 10.2. The number of aromatic nitrogens is 3. The highest BCUT2D eigenvalue weighted by Gasteiger charge is 2.18. The number of thioether (sulfide) groups is 2. The van der Waals surface area contributed by atoms with Crippen LogP contribution in [-0.2, 0) is 39.1 Å². The highest BCUT2D eigenvalue weighted by Crippen LogP contribution is 2.39. The van der Waals surface area contributed by atoms with E-state index in [9.17, 15) is 26.2 Å². The monoisotopic (exact) mass is 729 g/mol. The second-order valence-corrected chi connectivity index (χ2v) is 12.3. The van der Waals surface area contributed by atoms with Gasteiger partial charge < -0.3 is 16.2 Å². The van der Waals surface area contributed by atoms with E-state index >= 15 is 0 Å². The van der Waals surface area contributed by atoms with E-state index < -0.39 is 30.7 Å². The van der Waals surface area contributed by atoms with Crippen LogP contribution in [0.25, 0.3) is 0 Å². The van der Waals surface area contributed by atoms with Gasteiger partial charge in [-0.1, -0.05) is 5.04 Å². The summed E-state index contributed by atoms with van der Waals surface area (Å²) in [4.78, 5) is 25.9. The van der Waals surface area contributed by atoms with Crippen molar-refractivity contribution in [2.24, 2.45) is 10.2 Å². The molecular weight excluding hydrogens is 718 g/mol. The molecule has 0 saturated heterocycles. The summed E-state index contributed by atoms with van der Waals surface area (Å²) in [5.41, 5.74) is 5.59. The van der Waals surface area contributed by atoms with E-state index in [0.29, 0.717) is 23.8 Å². The highest BCUT2D eigenvalue weighted by molar-refractivity contribution is 8.13. The molecule has 26 heteroatoms. The summed E-state index contributed by atoms with van der Waals surface area (Å²) in [7, 11) is -9.81. The number of nitrogens with zero attached hydrogens (tertiary/aromatic N) is 5. The Hall–Kier alpha value is -3.52. The van der Waals surface area contributed by atoms with Crippen LogP contribution in [0.1, 0.15) is 0 Å². The number of carboxylic acid groups (broad SMARTS) is 1. The molecule has 20 nitrogen and oxygen atoms in total. The maximum Gasteiger partial charge on any atom is 0.433 e. The van der Waals surface area contributed by atoms with E-state index in [1.807, 2.05) is 0 Å². The van der Waals surface area contributed by atoms with Crippen LogP contribution in [0.4, 0.5) is 33.5 Å². The molecule has 0 aliphatic carbocycles. The minimum absolute atomic E-state index is 0.0250. The zero-order chi connectivity index (χ0) is 32.5. The lowest BCUT2D eigenvalue weighted by Crippen LogP contribution is -2.03. The maximum atomic E-state index is 12.1. The summed E-state index contributed by atoms with van der Waals surface area (Å²) >= 11 is 7.18. The quantitative estimate of drug-likeness (QED) is 0.0219. The smallest absolute Gasteiger partial charge is 0.433 e. The van der Waals surface area contributed by atoms with Crippen LogP contribution in [0.15, 0.2) is 60.4 Å². The molecular formula is C18H12ClN7O13S5. The predicted molar refractivity (Wildman–Crippen MR) is 151 cm³/mol. The Morgan fingerprint density at radius 3 is 2.45 bits per heavy atom. The van der Waals surface area contributed by atoms with Gasteiger partial charge in [-0.05, 0) is 58.0 Å². The van der Waals surface area contributed by atoms with E-state index in [1.165, 1.54) is 18.2 Å². The summed E-state index contributed by atoms with van der Waals surface area (Å²) in [6.45, 7) is 0. The second-order valence-electron chi connectivity index (χ2n) is 7.03. The van der Waals surface area contributed by atoms with Crippen molar-refractivity contribution in [3.63, 3.8) is 0 Å². The van der Waals surface area contributed by atoms with Crippen molar-refractivity contribution in [1.29, 1.82) is 0 Å². The molecule has 3 aromatic rings. The first-order valence-electron chi connectivity index (χ1n) is 10.3. The van der Waals surface area contributed by atoms with Crippen LogP contribution in [0.3, 0.4) is 0 Å². The average molecular weight is 730 g/mol. The number of rotatable bonds is 12. The standard InChI is InChI=1S/C18H12ClN7O13S5/c19-15-22-16(24-17(23-15)41-18(27)28)21-11-6-9(20)13(42-38-37-29)7-12(11)26-25-10-2-1-8(5-14(10)43(30,31)32)40-4-3-36-39-44(33,34)35/h1-2,5-7,29H,20H2,(H,27,28)(H,30,31,32)(H,33,34,35)(H,21,22,23,24). The molecule has 3 rings (SSSR count). The van der Waals surface area contributed by atoms with Crippen LogP contribution in [-0.4, -0.2) is 56.6 Å². The lowest BCUT2D eigenvalue weighted by molar-refractivity contribution is -0.432. The van der Waals surface area contributed by atoms with Gasteiger partial charge in [0.1, 0.15) is 16.3 Å². The molecule has 2 aromatic carbocycles. The van der Waals surface area contributed by atoms with E-state index in [4.69, 9.17) is 32.3 Å². The van der Waals surface area contributed by atoms with Crippen molar-refractivity contribution in [2.75, 3.05) is 11.1 Å². The number of nitrogens with one attached hydrogen (secondary N) is 1. The van der Waals surface area contributed by atoms with Gasteiger partial charge in [-0.2, -0.15) is 31.8 Å². The molecule has 0 unspecified atom stereocenters. The Labute approximate surface area is 263 Å². The van der Waals surface area contributed by atoms with Gasteiger partial charge >= 0.3 is 15.7 Å². The van der Waals surface area contributed by atoms with Crippen molar-refractivity contribution >= 4 is 102 Å². The van der Waals surface area contributed by atoms with Crippen molar-refractivity contribution < 1.29 is 59.7 Å². The van der Waals surface area contributed by atoms with E-state index in [-0.39, 0.29) is 60.7 Å². The molecule has 0 spiro atoms. The number of hydrogen-bond acceptors (Lipinski definition) is 20. The largest absolute Gasteiger partial charge is 0.473 e. The Morgan fingerprint density at radius 2 is 1.80 bits per heavy atom. The fourth-order valence-corrected chi connectivity index (χ4v) is 5.04. The minimum Gasteiger partial charge on any atom is -0.473 e. The Morgan fingerprint density at radius 1 is 1.07 bits per heavy atom. The van der Waals surface area contributed by atoms with Gasteiger partial charge in [0.2, 0.25) is 16.4 Å². The molecule has 1 aromatic heterocycles. The van der Waals surface area contributed by atoms with Gasteiger partial charge in [0.25, 0.3) is 10.1 Å². The number of nitrogens with two attached hydrogens (primary N) is 1. The summed E-state index contributed by atoms with van der Waals surface area (Å²) in [6, 6.07) is 5.92. The van der Waals surface area contributed by atoms with Gasteiger partial charge in [-0.25, -0.2) is 10.1 Å². The van der Waals surface area contributed by atoms with Crippen molar-refractivity contribution in [1.82, 2.24) is 15.0 Å². The predicted octanol–water partition coefficient (Wildman–Crippen LogP) is 4.47. The molecule has 0 atom stereocenters. The summed E-state index contributed by atoms with van der Waals surface area (Å²) in [5, 5.41) is 31.9. The van der Waals surface area contributed by atoms with Crippen LogP contribution in [0.2, 0.25) is 5.28 Å². The lowest BCUT2D eigenvalue weighted by Gasteiger charge is -2.12. The normalized spacial score (nSPS) is 11.6. The van der Waals surface area contributed by atoms with Crippen molar-refractivity contribution in [2.45, 2.75) is 19.8 Å². The van der Waals surface area contributed by atoms with Crippen LogP contribution in [0.5, 0.6) is 0 Å². The van der Waals surface area contributed by atoms with Gasteiger partial charge in [0.05, 0.1) is 22.6 Å². The number of carbonyl (C=O) groups is 1.